The largest absolute Gasteiger partial charge is 0.485 e. The highest BCUT2D eigenvalue weighted by atomic mass is 35.5. The second kappa shape index (κ2) is 7.64. The third-order valence-electron chi connectivity index (χ3n) is 5.85. The number of nitrogens with two attached hydrogens (primary N) is 1. The first-order valence-electron chi connectivity index (χ1n) is 9.96. The van der Waals surface area contributed by atoms with Gasteiger partial charge in [0.1, 0.15) is 11.9 Å². The predicted molar refractivity (Wildman–Crippen MR) is 121 cm³/mol. The zero-order valence-corrected chi connectivity index (χ0v) is 18.2. The molecule has 0 fully saturated rings. The van der Waals surface area contributed by atoms with E-state index in [1.54, 1.807) is 36.4 Å². The van der Waals surface area contributed by atoms with Gasteiger partial charge in [-0.1, -0.05) is 59.6 Å². The van der Waals surface area contributed by atoms with Gasteiger partial charge in [-0.25, -0.2) is 4.99 Å². The Balaban J connectivity index is 1.71. The van der Waals surface area contributed by atoms with Gasteiger partial charge in [0.2, 0.25) is 0 Å². The van der Waals surface area contributed by atoms with Crippen molar-refractivity contribution in [3.63, 3.8) is 0 Å². The SMILES string of the molecule is NC1=N[C@@]2(CC(c3ccccc3)Oc3ccc(-c4cc(Cl)cc(Cl)c4)cc32)C(F)(F)CO1. The molecule has 0 amide bonds. The third-order valence-corrected chi connectivity index (χ3v) is 6.29. The number of alkyl halides is 2. The van der Waals surface area contributed by atoms with Crippen molar-refractivity contribution in [2.45, 2.75) is 24.0 Å². The van der Waals surface area contributed by atoms with Crippen LogP contribution in [0.25, 0.3) is 11.1 Å². The zero-order valence-electron chi connectivity index (χ0n) is 16.7. The Kier molecular flexibility index (Phi) is 5.02. The monoisotopic (exact) mass is 474 g/mol. The summed E-state index contributed by atoms with van der Waals surface area (Å²) >= 11 is 12.3. The Morgan fingerprint density at radius 3 is 2.38 bits per heavy atom. The summed E-state index contributed by atoms with van der Waals surface area (Å²) in [6.45, 7) is -0.865. The van der Waals surface area contributed by atoms with Gasteiger partial charge in [0.15, 0.2) is 12.1 Å². The average Bonchev–Trinajstić information content (AvgIpc) is 2.76. The number of benzene rings is 3. The van der Waals surface area contributed by atoms with E-state index in [1.165, 1.54) is 0 Å². The first-order valence-corrected chi connectivity index (χ1v) is 10.7. The number of halogens is 4. The van der Waals surface area contributed by atoms with Gasteiger partial charge < -0.3 is 15.2 Å². The van der Waals surface area contributed by atoms with Crippen molar-refractivity contribution in [1.82, 2.24) is 0 Å². The van der Waals surface area contributed by atoms with Crippen LogP contribution in [0.5, 0.6) is 5.75 Å². The van der Waals surface area contributed by atoms with E-state index in [0.717, 1.165) is 5.56 Å². The standard InChI is InChI=1S/C24H18Cl2F2N2O2/c25-17-8-16(9-18(26)11-17)15-6-7-20-19(10-15)23(24(27,28)13-31-22(29)30-23)12-21(32-20)14-4-2-1-3-5-14/h1-11,21H,12-13H2,(H2,29,30)/t21?,23-/m1/s1. The van der Waals surface area contributed by atoms with Gasteiger partial charge in [-0.3, -0.25) is 0 Å². The minimum absolute atomic E-state index is 0.0964. The predicted octanol–water partition coefficient (Wildman–Crippen LogP) is 6.36. The van der Waals surface area contributed by atoms with Crippen LogP contribution < -0.4 is 10.5 Å². The van der Waals surface area contributed by atoms with Crippen LogP contribution in [0.15, 0.2) is 71.7 Å². The number of ether oxygens (including phenoxy) is 2. The lowest BCUT2D eigenvalue weighted by atomic mass is 9.75. The van der Waals surface area contributed by atoms with Crippen molar-refractivity contribution in [2.75, 3.05) is 6.61 Å². The Hall–Kier alpha value is -2.83. The van der Waals surface area contributed by atoms with E-state index in [1.807, 2.05) is 30.3 Å². The molecule has 5 rings (SSSR count). The van der Waals surface area contributed by atoms with Crippen LogP contribution in [-0.4, -0.2) is 18.6 Å². The normalized spacial score (nSPS) is 23.6. The summed E-state index contributed by atoms with van der Waals surface area (Å²) in [5.74, 6) is -2.99. The first kappa shape index (κ1) is 21.0. The van der Waals surface area contributed by atoms with Crippen LogP contribution in [-0.2, 0) is 10.3 Å². The van der Waals surface area contributed by atoms with E-state index in [-0.39, 0.29) is 18.0 Å². The van der Waals surface area contributed by atoms with Gasteiger partial charge in [-0.2, -0.15) is 8.78 Å². The molecule has 1 spiro atoms. The van der Waals surface area contributed by atoms with Gasteiger partial charge in [0.05, 0.1) is 0 Å². The van der Waals surface area contributed by atoms with Gasteiger partial charge in [-0.05, 0) is 47.0 Å². The molecule has 2 heterocycles. The molecule has 3 aromatic carbocycles. The molecule has 1 unspecified atom stereocenters. The van der Waals surface area contributed by atoms with Gasteiger partial charge in [-0.15, -0.1) is 0 Å². The fraction of sp³-hybridized carbons (Fsp3) is 0.208. The summed E-state index contributed by atoms with van der Waals surface area (Å²) in [5.41, 5.74) is 6.24. The van der Waals surface area contributed by atoms with E-state index in [0.29, 0.717) is 26.9 Å². The maximum Gasteiger partial charge on any atom is 0.310 e. The molecule has 0 saturated heterocycles. The molecule has 0 radical (unpaired) electrons. The Labute approximate surface area is 193 Å². The van der Waals surface area contributed by atoms with E-state index < -0.39 is 24.2 Å². The quantitative estimate of drug-likeness (QED) is 0.469. The minimum Gasteiger partial charge on any atom is -0.485 e. The topological polar surface area (TPSA) is 56.8 Å². The van der Waals surface area contributed by atoms with Crippen LogP contribution in [0.2, 0.25) is 10.0 Å². The number of amidine groups is 1. The van der Waals surface area contributed by atoms with Crippen molar-refractivity contribution in [2.24, 2.45) is 10.7 Å². The van der Waals surface area contributed by atoms with Crippen LogP contribution >= 0.6 is 23.2 Å². The molecule has 32 heavy (non-hydrogen) atoms. The number of nitrogens with zero attached hydrogens (tertiary/aromatic N) is 1. The van der Waals surface area contributed by atoms with Crippen molar-refractivity contribution in [3.8, 4) is 16.9 Å². The molecule has 0 aromatic heterocycles. The maximum absolute atomic E-state index is 15.6. The second-order valence-electron chi connectivity index (χ2n) is 7.89. The fourth-order valence-electron chi connectivity index (χ4n) is 4.32. The molecule has 3 aromatic rings. The highest BCUT2D eigenvalue weighted by molar-refractivity contribution is 6.35. The number of aliphatic imine (C=N–C) groups is 1. The molecule has 8 heteroatoms. The van der Waals surface area contributed by atoms with E-state index >= 15 is 8.78 Å². The summed E-state index contributed by atoms with van der Waals surface area (Å²) in [6.07, 6.45) is -0.725. The van der Waals surface area contributed by atoms with Crippen molar-refractivity contribution in [3.05, 3.63) is 87.9 Å². The fourth-order valence-corrected chi connectivity index (χ4v) is 4.85. The lowest BCUT2D eigenvalue weighted by Crippen LogP contribution is -2.55. The van der Waals surface area contributed by atoms with Crippen LogP contribution in [0, 0.1) is 0 Å². The molecule has 2 aliphatic heterocycles. The molecule has 0 bridgehead atoms. The lowest BCUT2D eigenvalue weighted by Gasteiger charge is -2.45. The molecule has 4 nitrogen and oxygen atoms in total. The average molecular weight is 475 g/mol. The number of hydrogen-bond acceptors (Lipinski definition) is 4. The van der Waals surface area contributed by atoms with Gasteiger partial charge >= 0.3 is 5.92 Å². The van der Waals surface area contributed by atoms with E-state index in [2.05, 4.69) is 4.99 Å². The van der Waals surface area contributed by atoms with Crippen LogP contribution in [0.3, 0.4) is 0 Å². The number of fused-ring (bicyclic) bond motifs is 2. The zero-order chi connectivity index (χ0) is 22.5. The smallest absolute Gasteiger partial charge is 0.310 e. The highest BCUT2D eigenvalue weighted by Gasteiger charge is 2.62. The number of hydrogen-bond donors (Lipinski definition) is 1. The summed E-state index contributed by atoms with van der Waals surface area (Å²) in [7, 11) is 0. The van der Waals surface area contributed by atoms with Gasteiger partial charge in [0.25, 0.3) is 6.02 Å². The molecular formula is C24H18Cl2F2N2O2. The molecule has 0 saturated carbocycles. The summed E-state index contributed by atoms with van der Waals surface area (Å²) in [5, 5.41) is 0.887. The molecule has 2 N–H and O–H groups in total. The van der Waals surface area contributed by atoms with Crippen molar-refractivity contribution in [1.29, 1.82) is 0 Å². The minimum atomic E-state index is -3.31. The Bertz CT molecular complexity index is 1200. The van der Waals surface area contributed by atoms with Crippen molar-refractivity contribution < 1.29 is 18.3 Å². The van der Waals surface area contributed by atoms with Gasteiger partial charge in [0, 0.05) is 22.0 Å². The van der Waals surface area contributed by atoms with E-state index in [4.69, 9.17) is 38.4 Å². The molecule has 164 valence electrons. The number of rotatable bonds is 2. The van der Waals surface area contributed by atoms with Crippen molar-refractivity contribution >= 4 is 29.2 Å². The summed E-state index contributed by atoms with van der Waals surface area (Å²) in [4.78, 5) is 4.20. The molecule has 0 aliphatic carbocycles. The Morgan fingerprint density at radius 1 is 0.938 bits per heavy atom. The summed E-state index contributed by atoms with van der Waals surface area (Å²) in [6, 6.07) is 19.1. The molecule has 2 atom stereocenters. The molecular weight excluding hydrogens is 457 g/mol. The maximum atomic E-state index is 15.6. The third kappa shape index (κ3) is 3.48. The first-order chi connectivity index (χ1) is 15.3. The highest BCUT2D eigenvalue weighted by Crippen LogP contribution is 2.56. The molecule has 2 aliphatic rings. The summed E-state index contributed by atoms with van der Waals surface area (Å²) < 4.78 is 42.2. The lowest BCUT2D eigenvalue weighted by molar-refractivity contribution is -0.139. The van der Waals surface area contributed by atoms with E-state index in [9.17, 15) is 0 Å². The Morgan fingerprint density at radius 2 is 1.66 bits per heavy atom. The second-order valence-corrected chi connectivity index (χ2v) is 8.77. The van der Waals surface area contributed by atoms with Crippen LogP contribution in [0.1, 0.15) is 23.7 Å². The van der Waals surface area contributed by atoms with Crippen LogP contribution in [0.4, 0.5) is 8.78 Å².